The second-order valence-corrected chi connectivity index (χ2v) is 8.49. The Labute approximate surface area is 186 Å². The van der Waals surface area contributed by atoms with Crippen LogP contribution in [0.2, 0.25) is 0 Å². The number of H-pyrrole nitrogens is 1. The van der Waals surface area contributed by atoms with E-state index >= 15 is 0 Å². The molecule has 0 atom stereocenters. The molecule has 1 amide bonds. The van der Waals surface area contributed by atoms with Crippen molar-refractivity contribution in [2.24, 2.45) is 0 Å². The van der Waals surface area contributed by atoms with Gasteiger partial charge in [0.05, 0.1) is 30.9 Å². The predicted octanol–water partition coefficient (Wildman–Crippen LogP) is 3.29. The van der Waals surface area contributed by atoms with Gasteiger partial charge >= 0.3 is 6.09 Å². The van der Waals surface area contributed by atoms with Gasteiger partial charge < -0.3 is 19.4 Å². The summed E-state index contributed by atoms with van der Waals surface area (Å²) in [7, 11) is 1.52. The largest absolute Gasteiger partial charge is 0.481 e. The molecule has 0 bridgehead atoms. The fraction of sp³-hybridized carbons (Fsp3) is 0.500. The van der Waals surface area contributed by atoms with Crippen molar-refractivity contribution < 1.29 is 14.3 Å². The van der Waals surface area contributed by atoms with Crippen molar-refractivity contribution >= 4 is 11.6 Å². The number of nitrogens with one attached hydrogen (secondary N) is 1. The summed E-state index contributed by atoms with van der Waals surface area (Å²) in [6.07, 6.45) is 9.17. The van der Waals surface area contributed by atoms with Crippen LogP contribution in [-0.4, -0.2) is 61.4 Å². The number of aromatic amines is 1. The van der Waals surface area contributed by atoms with Gasteiger partial charge in [0.15, 0.2) is 0 Å². The van der Waals surface area contributed by atoms with E-state index in [0.29, 0.717) is 22.8 Å². The van der Waals surface area contributed by atoms with E-state index < -0.39 is 0 Å². The molecule has 1 aliphatic rings. The van der Waals surface area contributed by atoms with E-state index in [9.17, 15) is 9.59 Å². The standard InChI is InChI=1S/C11H9N5O2.C11H21NO2/c1-18-10-4-7(12-6-13-10)8-5-16-9(2-3-14-16)11(17)15-8;1-11(2,3)14-10(13)12-8-6-4-5-7-9-12/h2-6H,1H3,(H,15,17);4-9H2,1-3H3. The molecule has 10 nitrogen and oxygen atoms in total. The van der Waals surface area contributed by atoms with Crippen molar-refractivity contribution in [2.75, 3.05) is 20.2 Å². The van der Waals surface area contributed by atoms with Crippen LogP contribution in [0.25, 0.3) is 16.9 Å². The normalized spacial score (nSPS) is 14.3. The number of rotatable bonds is 2. The fourth-order valence-electron chi connectivity index (χ4n) is 3.25. The molecule has 1 saturated heterocycles. The topological polar surface area (TPSA) is 115 Å². The number of aromatic nitrogens is 5. The number of fused-ring (bicyclic) bond motifs is 1. The van der Waals surface area contributed by atoms with Crippen LogP contribution in [0, 0.1) is 0 Å². The van der Waals surface area contributed by atoms with E-state index in [1.54, 1.807) is 24.5 Å². The van der Waals surface area contributed by atoms with Crippen molar-refractivity contribution in [3.05, 3.63) is 41.2 Å². The molecule has 0 aromatic carbocycles. The number of carbonyl (C=O) groups is 1. The molecule has 1 N–H and O–H groups in total. The first kappa shape index (κ1) is 23.2. The van der Waals surface area contributed by atoms with Gasteiger partial charge in [0.1, 0.15) is 17.4 Å². The van der Waals surface area contributed by atoms with Gasteiger partial charge in [-0.15, -0.1) is 0 Å². The molecule has 0 saturated carbocycles. The molecule has 0 radical (unpaired) electrons. The van der Waals surface area contributed by atoms with Crippen LogP contribution in [0.5, 0.6) is 5.88 Å². The minimum atomic E-state index is -0.372. The maximum absolute atomic E-state index is 11.8. The van der Waals surface area contributed by atoms with Crippen LogP contribution in [0.15, 0.2) is 35.6 Å². The molecule has 0 unspecified atom stereocenters. The first-order chi connectivity index (χ1) is 15.3. The molecule has 4 heterocycles. The highest BCUT2D eigenvalue weighted by Gasteiger charge is 2.22. The molecule has 32 heavy (non-hydrogen) atoms. The third-order valence-electron chi connectivity index (χ3n) is 4.79. The Morgan fingerprint density at radius 1 is 1.12 bits per heavy atom. The van der Waals surface area contributed by atoms with E-state index in [0.717, 1.165) is 25.9 Å². The van der Waals surface area contributed by atoms with Crippen LogP contribution in [0.4, 0.5) is 4.79 Å². The predicted molar refractivity (Wildman–Crippen MR) is 120 cm³/mol. The molecule has 3 aromatic heterocycles. The van der Waals surface area contributed by atoms with E-state index in [-0.39, 0.29) is 17.3 Å². The number of carbonyl (C=O) groups excluding carboxylic acids is 1. The number of methoxy groups -OCH3 is 1. The Morgan fingerprint density at radius 3 is 2.50 bits per heavy atom. The molecule has 0 spiro atoms. The van der Waals surface area contributed by atoms with E-state index in [2.05, 4.69) is 20.1 Å². The molecule has 1 fully saturated rings. The third kappa shape index (κ3) is 6.29. The Bertz CT molecular complexity index is 1090. The minimum absolute atomic E-state index is 0.153. The van der Waals surface area contributed by atoms with Gasteiger partial charge in [-0.1, -0.05) is 12.8 Å². The lowest BCUT2D eigenvalue weighted by atomic mass is 10.2. The number of amides is 1. The molecule has 172 valence electrons. The number of ether oxygens (including phenoxy) is 2. The minimum Gasteiger partial charge on any atom is -0.481 e. The summed E-state index contributed by atoms with van der Waals surface area (Å²) in [5.74, 6) is 0.432. The lowest BCUT2D eigenvalue weighted by Gasteiger charge is -2.26. The van der Waals surface area contributed by atoms with Gasteiger partial charge in [-0.25, -0.2) is 19.3 Å². The fourth-order valence-corrected chi connectivity index (χ4v) is 3.25. The summed E-state index contributed by atoms with van der Waals surface area (Å²) in [4.78, 5) is 36.0. The third-order valence-corrected chi connectivity index (χ3v) is 4.79. The average Bonchev–Trinajstić information content (AvgIpc) is 3.06. The molecule has 10 heteroatoms. The Balaban J connectivity index is 0.000000188. The van der Waals surface area contributed by atoms with Gasteiger partial charge in [0, 0.05) is 19.2 Å². The lowest BCUT2D eigenvalue weighted by molar-refractivity contribution is 0.0257. The zero-order valence-electron chi connectivity index (χ0n) is 19.0. The van der Waals surface area contributed by atoms with E-state index in [1.165, 1.54) is 30.8 Å². The highest BCUT2D eigenvalue weighted by molar-refractivity contribution is 5.68. The Hall–Kier alpha value is -3.43. The molecular formula is C22H30N6O4. The van der Waals surface area contributed by atoms with Crippen LogP contribution >= 0.6 is 0 Å². The van der Waals surface area contributed by atoms with Gasteiger partial charge in [0.25, 0.3) is 5.56 Å². The van der Waals surface area contributed by atoms with E-state index in [4.69, 9.17) is 9.47 Å². The summed E-state index contributed by atoms with van der Waals surface area (Å²) in [6.45, 7) is 7.43. The zero-order valence-corrected chi connectivity index (χ0v) is 19.0. The van der Waals surface area contributed by atoms with Crippen LogP contribution in [0.3, 0.4) is 0 Å². The summed E-state index contributed by atoms with van der Waals surface area (Å²) in [6, 6.07) is 3.28. The van der Waals surface area contributed by atoms with Gasteiger partial charge in [-0.2, -0.15) is 5.10 Å². The van der Waals surface area contributed by atoms with E-state index in [1.807, 2.05) is 25.7 Å². The summed E-state index contributed by atoms with van der Waals surface area (Å²) < 4.78 is 11.8. The molecule has 1 aliphatic heterocycles. The van der Waals surface area contributed by atoms with Crippen LogP contribution in [0.1, 0.15) is 46.5 Å². The van der Waals surface area contributed by atoms with Gasteiger partial charge in [-0.05, 0) is 39.7 Å². The van der Waals surface area contributed by atoms with Gasteiger partial charge in [0.2, 0.25) is 5.88 Å². The smallest absolute Gasteiger partial charge is 0.410 e. The first-order valence-electron chi connectivity index (χ1n) is 10.7. The zero-order chi connectivity index (χ0) is 23.1. The van der Waals surface area contributed by atoms with Crippen LogP contribution < -0.4 is 10.3 Å². The SMILES string of the molecule is CC(C)(C)OC(=O)N1CCCCCC1.COc1cc(-c2cn3nccc3c(=O)[nH]2)ncn1. The molecule has 3 aromatic rings. The number of hydrogen-bond donors (Lipinski definition) is 1. The van der Waals surface area contributed by atoms with Gasteiger partial charge in [-0.3, -0.25) is 4.79 Å². The van der Waals surface area contributed by atoms with Crippen molar-refractivity contribution in [3.63, 3.8) is 0 Å². The highest BCUT2D eigenvalue weighted by atomic mass is 16.6. The maximum atomic E-state index is 11.8. The monoisotopic (exact) mass is 442 g/mol. The second kappa shape index (κ2) is 10.3. The summed E-state index contributed by atoms with van der Waals surface area (Å²) in [5, 5.41) is 4.03. The second-order valence-electron chi connectivity index (χ2n) is 8.49. The molecule has 0 aliphatic carbocycles. The maximum Gasteiger partial charge on any atom is 0.410 e. The van der Waals surface area contributed by atoms with Crippen molar-refractivity contribution in [1.29, 1.82) is 0 Å². The van der Waals surface area contributed by atoms with Crippen molar-refractivity contribution in [1.82, 2.24) is 29.5 Å². The Morgan fingerprint density at radius 2 is 1.84 bits per heavy atom. The molecular weight excluding hydrogens is 412 g/mol. The number of nitrogens with zero attached hydrogens (tertiary/aromatic N) is 5. The average molecular weight is 443 g/mol. The molecule has 4 rings (SSSR count). The highest BCUT2D eigenvalue weighted by Crippen LogP contribution is 2.16. The summed E-state index contributed by atoms with van der Waals surface area (Å²) in [5.41, 5.74) is 1.01. The lowest BCUT2D eigenvalue weighted by Crippen LogP contribution is -2.37. The number of hydrogen-bond acceptors (Lipinski definition) is 7. The Kier molecular flexibility index (Phi) is 7.45. The summed E-state index contributed by atoms with van der Waals surface area (Å²) >= 11 is 0. The van der Waals surface area contributed by atoms with Crippen molar-refractivity contribution in [3.8, 4) is 17.3 Å². The quantitative estimate of drug-likeness (QED) is 0.647. The number of likely N-dealkylation sites (tertiary alicyclic amines) is 1. The van der Waals surface area contributed by atoms with Crippen LogP contribution in [-0.2, 0) is 4.74 Å². The van der Waals surface area contributed by atoms with Crippen molar-refractivity contribution in [2.45, 2.75) is 52.1 Å². The first-order valence-corrected chi connectivity index (χ1v) is 10.7.